The van der Waals surface area contributed by atoms with Crippen LogP contribution in [0.5, 0.6) is 0 Å². The Morgan fingerprint density at radius 2 is 1.69 bits per heavy atom. The third kappa shape index (κ3) is 7.31. The van der Waals surface area contributed by atoms with Gasteiger partial charge in [0, 0.05) is 32.5 Å². The smallest absolute Gasteiger partial charge is 0.242 e. The molecule has 0 saturated heterocycles. The fourth-order valence-electron chi connectivity index (χ4n) is 3.74. The zero-order valence-electron chi connectivity index (χ0n) is 18.0. The Morgan fingerprint density at radius 3 is 2.34 bits per heavy atom. The lowest BCUT2D eigenvalue weighted by Crippen LogP contribution is -2.50. The summed E-state index contributed by atoms with van der Waals surface area (Å²) >= 11 is 19.7. The molecule has 0 heterocycles. The molecule has 1 unspecified atom stereocenters. The average molecular weight is 514 g/mol. The fourth-order valence-corrected chi connectivity index (χ4v) is 5.12. The number of nitrogens with one attached hydrogen (secondary N) is 1. The lowest BCUT2D eigenvalue weighted by atomic mass is 9.95. The summed E-state index contributed by atoms with van der Waals surface area (Å²) in [6.45, 7) is 2.00. The number of nitrogens with zero attached hydrogens (tertiary/aromatic N) is 1. The molecule has 172 valence electrons. The molecule has 0 bridgehead atoms. The van der Waals surface area contributed by atoms with Crippen LogP contribution in [0.15, 0.2) is 47.4 Å². The van der Waals surface area contributed by atoms with E-state index in [2.05, 4.69) is 5.32 Å². The predicted molar refractivity (Wildman–Crippen MR) is 134 cm³/mol. The maximum absolute atomic E-state index is 13.2. The highest BCUT2D eigenvalue weighted by Gasteiger charge is 2.28. The van der Waals surface area contributed by atoms with Crippen molar-refractivity contribution in [3.8, 4) is 0 Å². The molecule has 0 aliphatic heterocycles. The van der Waals surface area contributed by atoms with Crippen LogP contribution in [0.25, 0.3) is 0 Å². The summed E-state index contributed by atoms with van der Waals surface area (Å²) in [5, 5.41) is 4.78. The van der Waals surface area contributed by atoms with E-state index in [1.807, 2.05) is 12.1 Å². The summed E-state index contributed by atoms with van der Waals surface area (Å²) in [7, 11) is 0. The second-order valence-corrected chi connectivity index (χ2v) is 10.3. The van der Waals surface area contributed by atoms with Crippen LogP contribution < -0.4 is 5.32 Å². The van der Waals surface area contributed by atoms with E-state index in [-0.39, 0.29) is 30.2 Å². The molecule has 0 radical (unpaired) electrons. The van der Waals surface area contributed by atoms with Crippen molar-refractivity contribution in [2.75, 3.05) is 5.75 Å². The van der Waals surface area contributed by atoms with Gasteiger partial charge in [0.2, 0.25) is 11.8 Å². The number of benzene rings is 2. The van der Waals surface area contributed by atoms with Gasteiger partial charge in [0.25, 0.3) is 0 Å². The quantitative estimate of drug-likeness (QED) is 0.404. The van der Waals surface area contributed by atoms with Crippen LogP contribution in [0.4, 0.5) is 0 Å². The van der Waals surface area contributed by atoms with Crippen molar-refractivity contribution >= 4 is 58.4 Å². The second kappa shape index (κ2) is 12.2. The molecule has 3 rings (SSSR count). The average Bonchev–Trinajstić information content (AvgIpc) is 2.78. The van der Waals surface area contributed by atoms with E-state index in [0.717, 1.165) is 36.1 Å². The third-order valence-corrected chi connectivity index (χ3v) is 7.49. The molecule has 2 aromatic carbocycles. The van der Waals surface area contributed by atoms with E-state index >= 15 is 0 Å². The second-order valence-electron chi connectivity index (χ2n) is 8.02. The SMILES string of the molecule is CC(C(=O)NC1CCCCC1)N(Cc1ccc(Cl)cc1Cl)C(=O)CSc1ccc(Cl)cc1. The van der Waals surface area contributed by atoms with Crippen LogP contribution in [0.3, 0.4) is 0 Å². The molecule has 32 heavy (non-hydrogen) atoms. The van der Waals surface area contributed by atoms with Gasteiger partial charge in [0.1, 0.15) is 6.04 Å². The maximum atomic E-state index is 13.2. The van der Waals surface area contributed by atoms with Gasteiger partial charge in [0.15, 0.2) is 0 Å². The Kier molecular flexibility index (Phi) is 9.60. The highest BCUT2D eigenvalue weighted by atomic mass is 35.5. The van der Waals surface area contributed by atoms with Gasteiger partial charge in [-0.05, 0) is 61.7 Å². The number of thioether (sulfide) groups is 1. The van der Waals surface area contributed by atoms with Crippen molar-refractivity contribution in [3.05, 3.63) is 63.1 Å². The first-order chi connectivity index (χ1) is 15.3. The highest BCUT2D eigenvalue weighted by Crippen LogP contribution is 2.25. The summed E-state index contributed by atoms with van der Waals surface area (Å²) in [6, 6.07) is 12.1. The minimum atomic E-state index is -0.623. The summed E-state index contributed by atoms with van der Waals surface area (Å²) in [6.07, 6.45) is 5.44. The molecular formula is C24H27Cl3N2O2S. The van der Waals surface area contributed by atoms with Crippen LogP contribution in [-0.4, -0.2) is 34.6 Å². The van der Waals surface area contributed by atoms with Gasteiger partial charge in [-0.15, -0.1) is 11.8 Å². The number of halogens is 3. The third-order valence-electron chi connectivity index (χ3n) is 5.65. The van der Waals surface area contributed by atoms with Crippen molar-refractivity contribution in [1.29, 1.82) is 0 Å². The summed E-state index contributed by atoms with van der Waals surface area (Å²) in [5.41, 5.74) is 0.748. The van der Waals surface area contributed by atoms with Gasteiger partial charge in [0.05, 0.1) is 5.75 Å². The van der Waals surface area contributed by atoms with Gasteiger partial charge in [-0.2, -0.15) is 0 Å². The standard InChI is InChI=1S/C24H27Cl3N2O2S/c1-16(24(31)28-20-5-3-2-4-6-20)29(14-17-7-8-19(26)13-22(17)27)23(30)15-32-21-11-9-18(25)10-12-21/h7-13,16,20H,2-6,14-15H2,1H3,(H,28,31). The van der Waals surface area contributed by atoms with Crippen LogP contribution in [-0.2, 0) is 16.1 Å². The number of carbonyl (C=O) groups excluding carboxylic acids is 2. The molecule has 1 aliphatic carbocycles. The van der Waals surface area contributed by atoms with Crippen LogP contribution in [0.1, 0.15) is 44.6 Å². The van der Waals surface area contributed by atoms with Crippen LogP contribution >= 0.6 is 46.6 Å². The topological polar surface area (TPSA) is 49.4 Å². The number of hydrogen-bond acceptors (Lipinski definition) is 3. The van der Waals surface area contributed by atoms with Crippen molar-refractivity contribution in [1.82, 2.24) is 10.2 Å². The predicted octanol–water partition coefficient (Wildman–Crippen LogP) is 6.61. The maximum Gasteiger partial charge on any atom is 0.242 e. The van der Waals surface area contributed by atoms with Gasteiger partial charge >= 0.3 is 0 Å². The Hall–Kier alpha value is -1.40. The Balaban J connectivity index is 1.73. The fraction of sp³-hybridized carbons (Fsp3) is 0.417. The summed E-state index contributed by atoms with van der Waals surface area (Å²) in [4.78, 5) is 28.8. The normalized spacial score (nSPS) is 15.2. The molecule has 1 fully saturated rings. The molecule has 0 spiro atoms. The van der Waals surface area contributed by atoms with E-state index in [1.54, 1.807) is 42.2 Å². The molecule has 2 amide bonds. The van der Waals surface area contributed by atoms with E-state index in [9.17, 15) is 9.59 Å². The van der Waals surface area contributed by atoms with Crippen molar-refractivity contribution in [3.63, 3.8) is 0 Å². The van der Waals surface area contributed by atoms with Crippen molar-refractivity contribution in [2.45, 2.75) is 62.6 Å². The summed E-state index contributed by atoms with van der Waals surface area (Å²) < 4.78 is 0. The van der Waals surface area contributed by atoms with Gasteiger partial charge < -0.3 is 10.2 Å². The van der Waals surface area contributed by atoms with Gasteiger partial charge in [-0.25, -0.2) is 0 Å². The van der Waals surface area contributed by atoms with Crippen LogP contribution in [0, 0.1) is 0 Å². The Bertz CT molecular complexity index is 933. The number of rotatable bonds is 8. The van der Waals surface area contributed by atoms with Gasteiger partial charge in [-0.3, -0.25) is 9.59 Å². The molecule has 4 nitrogen and oxygen atoms in total. The molecule has 8 heteroatoms. The zero-order chi connectivity index (χ0) is 23.1. The number of amides is 2. The van der Waals surface area contributed by atoms with E-state index in [1.165, 1.54) is 18.2 Å². The monoisotopic (exact) mass is 512 g/mol. The molecule has 2 aromatic rings. The van der Waals surface area contributed by atoms with Gasteiger partial charge in [-0.1, -0.05) is 60.1 Å². The first-order valence-corrected chi connectivity index (χ1v) is 12.9. The van der Waals surface area contributed by atoms with Crippen molar-refractivity contribution in [2.24, 2.45) is 0 Å². The van der Waals surface area contributed by atoms with Crippen molar-refractivity contribution < 1.29 is 9.59 Å². The first-order valence-electron chi connectivity index (χ1n) is 10.8. The zero-order valence-corrected chi connectivity index (χ0v) is 21.0. The summed E-state index contributed by atoms with van der Waals surface area (Å²) in [5.74, 6) is -0.0671. The first kappa shape index (κ1) is 25.2. The van der Waals surface area contributed by atoms with E-state index < -0.39 is 6.04 Å². The number of carbonyl (C=O) groups is 2. The molecular weight excluding hydrogens is 487 g/mol. The van der Waals surface area contributed by atoms with E-state index in [4.69, 9.17) is 34.8 Å². The minimum Gasteiger partial charge on any atom is -0.352 e. The highest BCUT2D eigenvalue weighted by molar-refractivity contribution is 8.00. The molecule has 1 N–H and O–H groups in total. The largest absolute Gasteiger partial charge is 0.352 e. The Labute approximate surface area is 209 Å². The number of hydrogen-bond donors (Lipinski definition) is 1. The molecule has 1 aliphatic rings. The molecule has 1 saturated carbocycles. The minimum absolute atomic E-state index is 0.133. The molecule has 1 atom stereocenters. The lowest BCUT2D eigenvalue weighted by molar-refractivity contribution is -0.139. The molecule has 0 aromatic heterocycles. The van der Waals surface area contributed by atoms with E-state index in [0.29, 0.717) is 15.1 Å². The van der Waals surface area contributed by atoms with Crippen LogP contribution in [0.2, 0.25) is 15.1 Å². The lowest BCUT2D eigenvalue weighted by Gasteiger charge is -2.31. The Morgan fingerprint density at radius 1 is 1.03 bits per heavy atom.